The number of pyridine rings is 1. The number of fused-ring (bicyclic) bond motifs is 1. The molecule has 0 fully saturated rings. The van der Waals surface area contributed by atoms with Crippen molar-refractivity contribution in [2.75, 3.05) is 7.11 Å². The van der Waals surface area contributed by atoms with Gasteiger partial charge in [-0.15, -0.1) is 0 Å². The highest BCUT2D eigenvalue weighted by Gasteiger charge is 2.34. The summed E-state index contributed by atoms with van der Waals surface area (Å²) in [7, 11) is 1.62. The largest absolute Gasteiger partial charge is 0.497 e. The van der Waals surface area contributed by atoms with Crippen molar-refractivity contribution in [3.8, 4) is 11.5 Å². The number of benzene rings is 1. The number of carbonyl (C=O) groups is 1. The molecule has 5 heteroatoms. The lowest BCUT2D eigenvalue weighted by Crippen LogP contribution is -2.41. The Kier molecular flexibility index (Phi) is 3.94. The zero-order chi connectivity index (χ0) is 16.4. The quantitative estimate of drug-likeness (QED) is 0.946. The van der Waals surface area contributed by atoms with E-state index in [4.69, 9.17) is 9.47 Å². The third-order valence-electron chi connectivity index (χ3n) is 3.91. The number of hydrogen-bond acceptors (Lipinski definition) is 4. The van der Waals surface area contributed by atoms with E-state index in [2.05, 4.69) is 10.3 Å². The molecule has 5 nitrogen and oxygen atoms in total. The predicted octanol–water partition coefficient (Wildman–Crippen LogP) is 3.12. The average molecular weight is 312 g/mol. The number of carbonyl (C=O) groups excluding carboxylic acids is 1. The highest BCUT2D eigenvalue weighted by molar-refractivity contribution is 5.94. The normalized spacial score (nSPS) is 18.5. The second-order valence-electron chi connectivity index (χ2n) is 6.24. The van der Waals surface area contributed by atoms with Gasteiger partial charge in [-0.25, -0.2) is 0 Å². The molecule has 1 aliphatic heterocycles. The molecular weight excluding hydrogens is 292 g/mol. The fraction of sp³-hybridized carbons (Fsp3) is 0.333. The Morgan fingerprint density at radius 2 is 2.22 bits per heavy atom. The lowest BCUT2D eigenvalue weighted by molar-refractivity contribution is 0.0617. The van der Waals surface area contributed by atoms with Crippen LogP contribution in [0.4, 0.5) is 0 Å². The first-order chi connectivity index (χ1) is 11.0. The van der Waals surface area contributed by atoms with E-state index >= 15 is 0 Å². The summed E-state index contributed by atoms with van der Waals surface area (Å²) in [6, 6.07) is 9.07. The molecule has 0 saturated heterocycles. The van der Waals surface area contributed by atoms with Gasteiger partial charge in [0.25, 0.3) is 5.91 Å². The number of methoxy groups -OCH3 is 1. The van der Waals surface area contributed by atoms with Gasteiger partial charge in [-0.2, -0.15) is 0 Å². The summed E-state index contributed by atoms with van der Waals surface area (Å²) >= 11 is 0. The van der Waals surface area contributed by atoms with Gasteiger partial charge >= 0.3 is 0 Å². The van der Waals surface area contributed by atoms with Crippen molar-refractivity contribution in [2.24, 2.45) is 0 Å². The van der Waals surface area contributed by atoms with E-state index in [0.717, 1.165) is 17.1 Å². The minimum absolute atomic E-state index is 0.118. The van der Waals surface area contributed by atoms with Gasteiger partial charge in [0.15, 0.2) is 0 Å². The topological polar surface area (TPSA) is 60.5 Å². The van der Waals surface area contributed by atoms with Crippen molar-refractivity contribution < 1.29 is 14.3 Å². The molecule has 1 aliphatic rings. The highest BCUT2D eigenvalue weighted by Crippen LogP contribution is 2.41. The molecule has 1 aromatic heterocycles. The number of nitrogens with one attached hydrogen (secondary N) is 1. The first-order valence-electron chi connectivity index (χ1n) is 7.56. The maximum absolute atomic E-state index is 12.4. The van der Waals surface area contributed by atoms with Crippen LogP contribution in [0, 0.1) is 0 Å². The summed E-state index contributed by atoms with van der Waals surface area (Å²) in [4.78, 5) is 16.4. The molecule has 2 heterocycles. The van der Waals surface area contributed by atoms with Gasteiger partial charge in [-0.3, -0.25) is 9.78 Å². The third-order valence-corrected chi connectivity index (χ3v) is 3.91. The molecule has 1 unspecified atom stereocenters. The van der Waals surface area contributed by atoms with Crippen LogP contribution < -0.4 is 14.8 Å². The van der Waals surface area contributed by atoms with Crippen LogP contribution in [0.1, 0.15) is 42.2 Å². The highest BCUT2D eigenvalue weighted by atomic mass is 16.5. The van der Waals surface area contributed by atoms with Gasteiger partial charge in [0.2, 0.25) is 0 Å². The number of ether oxygens (including phenoxy) is 2. The fourth-order valence-corrected chi connectivity index (χ4v) is 2.83. The molecule has 1 aromatic carbocycles. The Morgan fingerprint density at radius 1 is 1.39 bits per heavy atom. The second-order valence-corrected chi connectivity index (χ2v) is 6.24. The van der Waals surface area contributed by atoms with Crippen LogP contribution in [0.15, 0.2) is 42.7 Å². The van der Waals surface area contributed by atoms with E-state index < -0.39 is 0 Å². The van der Waals surface area contributed by atoms with E-state index in [9.17, 15) is 4.79 Å². The number of hydrogen-bond donors (Lipinski definition) is 1. The lowest BCUT2D eigenvalue weighted by atomic mass is 9.89. The van der Waals surface area contributed by atoms with Crippen LogP contribution in [0.2, 0.25) is 0 Å². The Bertz CT molecular complexity index is 713. The van der Waals surface area contributed by atoms with E-state index in [1.807, 2.05) is 32.0 Å². The Morgan fingerprint density at radius 3 is 2.91 bits per heavy atom. The van der Waals surface area contributed by atoms with Crippen molar-refractivity contribution in [1.29, 1.82) is 0 Å². The predicted molar refractivity (Wildman–Crippen MR) is 86.8 cm³/mol. The standard InChI is InChI=1S/C18H20N2O3/c1-18(2)10-15(20-17(21)12-5-4-8-19-11-12)14-7-6-13(22-3)9-16(14)23-18/h4-9,11,15H,10H2,1-3H3,(H,20,21). The summed E-state index contributed by atoms with van der Waals surface area (Å²) in [5.41, 5.74) is 1.14. The molecule has 0 saturated carbocycles. The lowest BCUT2D eigenvalue weighted by Gasteiger charge is -2.38. The second kappa shape index (κ2) is 5.91. The summed E-state index contributed by atoms with van der Waals surface area (Å²) in [6.07, 6.45) is 3.91. The fourth-order valence-electron chi connectivity index (χ4n) is 2.83. The summed E-state index contributed by atoms with van der Waals surface area (Å²) < 4.78 is 11.3. The number of amides is 1. The minimum Gasteiger partial charge on any atom is -0.497 e. The van der Waals surface area contributed by atoms with Gasteiger partial charge in [0.1, 0.15) is 17.1 Å². The van der Waals surface area contributed by atoms with Gasteiger partial charge in [0.05, 0.1) is 18.7 Å². The molecule has 0 aliphatic carbocycles. The SMILES string of the molecule is COc1ccc2c(c1)OC(C)(C)CC2NC(=O)c1cccnc1. The van der Waals surface area contributed by atoms with E-state index in [1.165, 1.54) is 0 Å². The third kappa shape index (κ3) is 3.28. The molecule has 1 amide bonds. The molecule has 1 N–H and O–H groups in total. The molecule has 0 radical (unpaired) electrons. The van der Waals surface area contributed by atoms with Gasteiger partial charge < -0.3 is 14.8 Å². The zero-order valence-electron chi connectivity index (χ0n) is 13.5. The van der Waals surface area contributed by atoms with Crippen molar-refractivity contribution in [3.63, 3.8) is 0 Å². The van der Waals surface area contributed by atoms with Gasteiger partial charge in [0, 0.05) is 30.4 Å². The van der Waals surface area contributed by atoms with Gasteiger partial charge in [-0.1, -0.05) is 0 Å². The molecule has 120 valence electrons. The van der Waals surface area contributed by atoms with Crippen LogP contribution in [0.3, 0.4) is 0 Å². The monoisotopic (exact) mass is 312 g/mol. The smallest absolute Gasteiger partial charge is 0.253 e. The zero-order valence-corrected chi connectivity index (χ0v) is 13.5. The van der Waals surface area contributed by atoms with Crippen molar-refractivity contribution in [3.05, 3.63) is 53.9 Å². The van der Waals surface area contributed by atoms with E-state index in [0.29, 0.717) is 12.0 Å². The Balaban J connectivity index is 1.89. The van der Waals surface area contributed by atoms with Gasteiger partial charge in [-0.05, 0) is 38.1 Å². The molecule has 23 heavy (non-hydrogen) atoms. The molecule has 0 spiro atoms. The Hall–Kier alpha value is -2.56. The number of rotatable bonds is 3. The maximum Gasteiger partial charge on any atom is 0.253 e. The number of nitrogens with zero attached hydrogens (tertiary/aromatic N) is 1. The number of aromatic nitrogens is 1. The van der Waals surface area contributed by atoms with Crippen LogP contribution in [-0.4, -0.2) is 23.6 Å². The van der Waals surface area contributed by atoms with Crippen LogP contribution in [-0.2, 0) is 0 Å². The molecule has 0 bridgehead atoms. The summed E-state index contributed by atoms with van der Waals surface area (Å²) in [5, 5.41) is 3.08. The van der Waals surface area contributed by atoms with Crippen molar-refractivity contribution in [2.45, 2.75) is 31.9 Å². The Labute approximate surface area is 135 Å². The van der Waals surface area contributed by atoms with Crippen LogP contribution in [0.25, 0.3) is 0 Å². The minimum atomic E-state index is -0.369. The maximum atomic E-state index is 12.4. The summed E-state index contributed by atoms with van der Waals surface area (Å²) in [6.45, 7) is 4.03. The summed E-state index contributed by atoms with van der Waals surface area (Å²) in [5.74, 6) is 1.35. The molecule has 3 rings (SSSR count). The van der Waals surface area contributed by atoms with E-state index in [-0.39, 0.29) is 17.6 Å². The molecule has 2 aromatic rings. The molecule has 1 atom stereocenters. The average Bonchev–Trinajstić information content (AvgIpc) is 2.54. The van der Waals surface area contributed by atoms with Crippen LogP contribution >= 0.6 is 0 Å². The van der Waals surface area contributed by atoms with Crippen molar-refractivity contribution in [1.82, 2.24) is 10.3 Å². The van der Waals surface area contributed by atoms with Crippen LogP contribution in [0.5, 0.6) is 11.5 Å². The van der Waals surface area contributed by atoms with E-state index in [1.54, 1.807) is 31.6 Å². The first kappa shape index (κ1) is 15.3. The first-order valence-corrected chi connectivity index (χ1v) is 7.56. The molecular formula is C18H20N2O3. The van der Waals surface area contributed by atoms with Crippen molar-refractivity contribution >= 4 is 5.91 Å².